The fourth-order valence-electron chi connectivity index (χ4n) is 2.26. The molecular formula is C17H17FO2. The number of rotatable bonds is 5. The number of carbonyl (C=O) groups excluding carboxylic acids is 1. The zero-order chi connectivity index (χ0) is 14.5. The molecule has 0 aliphatic rings. The molecule has 3 heteroatoms. The van der Waals surface area contributed by atoms with Crippen LogP contribution < -0.4 is 4.74 Å². The van der Waals surface area contributed by atoms with E-state index in [9.17, 15) is 9.18 Å². The molecule has 104 valence electrons. The Morgan fingerprint density at radius 3 is 2.40 bits per heavy atom. The van der Waals surface area contributed by atoms with Gasteiger partial charge in [0.05, 0.1) is 6.61 Å². The molecule has 2 nitrogen and oxygen atoms in total. The fraction of sp³-hybridized carbons (Fsp3) is 0.235. The Morgan fingerprint density at radius 1 is 1.15 bits per heavy atom. The molecule has 20 heavy (non-hydrogen) atoms. The predicted octanol–water partition coefficient (Wildman–Crippen LogP) is 4.27. The molecule has 0 saturated carbocycles. The Bertz CT molecular complexity index is 603. The second-order valence-electron chi connectivity index (χ2n) is 4.46. The average Bonchev–Trinajstić information content (AvgIpc) is 2.48. The number of aldehydes is 1. The molecule has 2 aromatic carbocycles. The van der Waals surface area contributed by atoms with Gasteiger partial charge in [-0.3, -0.25) is 4.79 Å². The van der Waals surface area contributed by atoms with E-state index in [1.807, 2.05) is 19.9 Å². The van der Waals surface area contributed by atoms with Gasteiger partial charge < -0.3 is 4.74 Å². The second-order valence-corrected chi connectivity index (χ2v) is 4.46. The summed E-state index contributed by atoms with van der Waals surface area (Å²) >= 11 is 0. The third-order valence-corrected chi connectivity index (χ3v) is 3.16. The van der Waals surface area contributed by atoms with Crippen LogP contribution in [0, 0.1) is 5.82 Å². The molecule has 0 amide bonds. The maximum Gasteiger partial charge on any atom is 0.150 e. The second kappa shape index (κ2) is 6.33. The third kappa shape index (κ3) is 2.87. The molecule has 0 bridgehead atoms. The minimum Gasteiger partial charge on any atom is -0.493 e. The number of carbonyl (C=O) groups is 1. The van der Waals surface area contributed by atoms with E-state index in [-0.39, 0.29) is 5.82 Å². The van der Waals surface area contributed by atoms with Crippen LogP contribution in [-0.2, 0) is 6.42 Å². The summed E-state index contributed by atoms with van der Waals surface area (Å²) in [5.74, 6) is 0.398. The molecule has 0 aliphatic carbocycles. The lowest BCUT2D eigenvalue weighted by atomic mass is 9.95. The molecular weight excluding hydrogens is 255 g/mol. The summed E-state index contributed by atoms with van der Waals surface area (Å²) < 4.78 is 18.7. The van der Waals surface area contributed by atoms with Gasteiger partial charge in [-0.15, -0.1) is 0 Å². The number of halogens is 1. The van der Waals surface area contributed by atoms with Crippen molar-refractivity contribution in [1.29, 1.82) is 0 Å². The van der Waals surface area contributed by atoms with E-state index in [1.165, 1.54) is 12.1 Å². The number of hydrogen-bond acceptors (Lipinski definition) is 2. The minimum atomic E-state index is -0.269. The van der Waals surface area contributed by atoms with E-state index in [1.54, 1.807) is 18.2 Å². The molecule has 0 fully saturated rings. The first kappa shape index (κ1) is 14.3. The van der Waals surface area contributed by atoms with Gasteiger partial charge in [-0.05, 0) is 48.7 Å². The van der Waals surface area contributed by atoms with Crippen molar-refractivity contribution in [2.45, 2.75) is 20.3 Å². The summed E-state index contributed by atoms with van der Waals surface area (Å²) in [6.07, 6.45) is 1.59. The highest BCUT2D eigenvalue weighted by Gasteiger charge is 2.13. The lowest BCUT2D eigenvalue weighted by Crippen LogP contribution is -1.99. The van der Waals surface area contributed by atoms with E-state index >= 15 is 0 Å². The first-order valence-corrected chi connectivity index (χ1v) is 6.70. The highest BCUT2D eigenvalue weighted by molar-refractivity contribution is 5.82. The molecule has 2 rings (SSSR count). The lowest BCUT2D eigenvalue weighted by molar-refractivity contribution is 0.112. The summed E-state index contributed by atoms with van der Waals surface area (Å²) in [6.45, 7) is 4.43. The first-order valence-electron chi connectivity index (χ1n) is 6.70. The van der Waals surface area contributed by atoms with Crippen LogP contribution in [-0.4, -0.2) is 12.9 Å². The molecule has 0 spiro atoms. The van der Waals surface area contributed by atoms with E-state index in [2.05, 4.69) is 0 Å². The average molecular weight is 272 g/mol. The molecule has 2 aromatic rings. The van der Waals surface area contributed by atoms with Crippen molar-refractivity contribution >= 4 is 6.29 Å². The molecule has 0 aromatic heterocycles. The zero-order valence-electron chi connectivity index (χ0n) is 11.7. The van der Waals surface area contributed by atoms with E-state index in [4.69, 9.17) is 4.74 Å². The van der Waals surface area contributed by atoms with Gasteiger partial charge in [0.25, 0.3) is 0 Å². The van der Waals surface area contributed by atoms with E-state index in [0.29, 0.717) is 17.9 Å². The Morgan fingerprint density at radius 2 is 1.85 bits per heavy atom. The van der Waals surface area contributed by atoms with Crippen molar-refractivity contribution in [3.8, 4) is 16.9 Å². The Labute approximate surface area is 118 Å². The summed E-state index contributed by atoms with van der Waals surface area (Å²) in [7, 11) is 0. The first-order chi connectivity index (χ1) is 9.69. The largest absolute Gasteiger partial charge is 0.493 e. The van der Waals surface area contributed by atoms with Crippen molar-refractivity contribution < 1.29 is 13.9 Å². The van der Waals surface area contributed by atoms with Gasteiger partial charge in [0.2, 0.25) is 0 Å². The summed E-state index contributed by atoms with van der Waals surface area (Å²) in [5.41, 5.74) is 3.44. The molecule has 0 aliphatic heterocycles. The topological polar surface area (TPSA) is 26.3 Å². The van der Waals surface area contributed by atoms with Crippen LogP contribution in [0.4, 0.5) is 4.39 Å². The highest BCUT2D eigenvalue weighted by atomic mass is 19.1. The number of benzene rings is 2. The Kier molecular flexibility index (Phi) is 4.51. The van der Waals surface area contributed by atoms with Gasteiger partial charge in [-0.1, -0.05) is 19.1 Å². The number of ether oxygens (including phenoxy) is 1. The third-order valence-electron chi connectivity index (χ3n) is 3.16. The van der Waals surface area contributed by atoms with Gasteiger partial charge >= 0.3 is 0 Å². The molecule has 0 atom stereocenters. The lowest BCUT2D eigenvalue weighted by Gasteiger charge is -2.15. The highest BCUT2D eigenvalue weighted by Crippen LogP contribution is 2.35. The molecule has 0 saturated heterocycles. The SMILES string of the molecule is CCOc1cc(C=O)cc(CC)c1-c1ccc(F)cc1. The van der Waals surface area contributed by atoms with Crippen LogP contribution in [0.25, 0.3) is 11.1 Å². The molecule has 0 N–H and O–H groups in total. The van der Waals surface area contributed by atoms with Crippen molar-refractivity contribution in [3.63, 3.8) is 0 Å². The van der Waals surface area contributed by atoms with Crippen LogP contribution in [0.1, 0.15) is 29.8 Å². The number of aryl methyl sites for hydroxylation is 1. The van der Waals surface area contributed by atoms with Crippen LogP contribution in [0.15, 0.2) is 36.4 Å². The van der Waals surface area contributed by atoms with Crippen molar-refractivity contribution in [3.05, 3.63) is 53.3 Å². The van der Waals surface area contributed by atoms with Crippen LogP contribution in [0.2, 0.25) is 0 Å². The molecule has 0 heterocycles. The monoisotopic (exact) mass is 272 g/mol. The smallest absolute Gasteiger partial charge is 0.150 e. The normalized spacial score (nSPS) is 10.3. The fourth-order valence-corrected chi connectivity index (χ4v) is 2.26. The number of hydrogen-bond donors (Lipinski definition) is 0. The van der Waals surface area contributed by atoms with E-state index < -0.39 is 0 Å². The standard InChI is InChI=1S/C17H17FO2/c1-3-13-9-12(11-19)10-16(20-4-2)17(13)14-5-7-15(18)8-6-14/h5-11H,3-4H2,1-2H3. The van der Waals surface area contributed by atoms with Crippen molar-refractivity contribution in [2.24, 2.45) is 0 Å². The van der Waals surface area contributed by atoms with E-state index in [0.717, 1.165) is 29.4 Å². The quantitative estimate of drug-likeness (QED) is 0.760. The summed E-state index contributed by atoms with van der Waals surface area (Å²) in [5, 5.41) is 0. The predicted molar refractivity (Wildman–Crippen MR) is 77.8 cm³/mol. The van der Waals surface area contributed by atoms with Crippen molar-refractivity contribution in [1.82, 2.24) is 0 Å². The zero-order valence-corrected chi connectivity index (χ0v) is 11.7. The summed E-state index contributed by atoms with van der Waals surface area (Å²) in [6, 6.07) is 9.90. The maximum absolute atomic E-state index is 13.1. The van der Waals surface area contributed by atoms with Crippen LogP contribution >= 0.6 is 0 Å². The van der Waals surface area contributed by atoms with Gasteiger partial charge in [-0.25, -0.2) is 4.39 Å². The van der Waals surface area contributed by atoms with Gasteiger partial charge in [0.1, 0.15) is 17.9 Å². The molecule has 0 unspecified atom stereocenters. The van der Waals surface area contributed by atoms with Gasteiger partial charge in [-0.2, -0.15) is 0 Å². The molecule has 0 radical (unpaired) electrons. The Hall–Kier alpha value is -2.16. The van der Waals surface area contributed by atoms with Crippen LogP contribution in [0.3, 0.4) is 0 Å². The Balaban J connectivity index is 2.64. The maximum atomic E-state index is 13.1. The van der Waals surface area contributed by atoms with Crippen LogP contribution in [0.5, 0.6) is 5.75 Å². The van der Waals surface area contributed by atoms with Gasteiger partial charge in [0, 0.05) is 11.1 Å². The van der Waals surface area contributed by atoms with Crippen molar-refractivity contribution in [2.75, 3.05) is 6.61 Å². The minimum absolute atomic E-state index is 0.269. The summed E-state index contributed by atoms with van der Waals surface area (Å²) in [4.78, 5) is 11.0. The van der Waals surface area contributed by atoms with Gasteiger partial charge in [0.15, 0.2) is 0 Å².